The van der Waals surface area contributed by atoms with Crippen molar-refractivity contribution in [3.63, 3.8) is 0 Å². The van der Waals surface area contributed by atoms with E-state index in [2.05, 4.69) is 20.3 Å². The van der Waals surface area contributed by atoms with E-state index < -0.39 is 0 Å². The molecule has 0 aliphatic heterocycles. The standard InChI is InChI=1S/C13H16N4O/c1-10-4-5-12(11(17-10)8-14-2)18-9-13-15-6-3-7-16-13/h3-7,14H,8-9H2,1-2H3. The third-order valence-electron chi connectivity index (χ3n) is 2.39. The molecule has 2 heterocycles. The van der Waals surface area contributed by atoms with Gasteiger partial charge in [0.1, 0.15) is 12.4 Å². The molecule has 0 saturated heterocycles. The first-order chi connectivity index (χ1) is 8.79. The predicted molar refractivity (Wildman–Crippen MR) is 68.1 cm³/mol. The van der Waals surface area contributed by atoms with Crippen molar-refractivity contribution < 1.29 is 4.74 Å². The van der Waals surface area contributed by atoms with Crippen LogP contribution in [0.4, 0.5) is 0 Å². The van der Waals surface area contributed by atoms with Crippen molar-refractivity contribution in [2.24, 2.45) is 0 Å². The highest BCUT2D eigenvalue weighted by Crippen LogP contribution is 2.17. The molecule has 2 rings (SSSR count). The van der Waals surface area contributed by atoms with Gasteiger partial charge in [-0.2, -0.15) is 0 Å². The minimum Gasteiger partial charge on any atom is -0.484 e. The van der Waals surface area contributed by atoms with Gasteiger partial charge in [0.25, 0.3) is 0 Å². The Kier molecular flexibility index (Phi) is 4.20. The molecule has 0 unspecified atom stereocenters. The number of hydrogen-bond acceptors (Lipinski definition) is 5. The lowest BCUT2D eigenvalue weighted by Crippen LogP contribution is -2.10. The van der Waals surface area contributed by atoms with Crippen molar-refractivity contribution in [3.8, 4) is 5.75 Å². The molecule has 0 aromatic carbocycles. The summed E-state index contributed by atoms with van der Waals surface area (Å²) in [5, 5.41) is 3.08. The maximum atomic E-state index is 5.70. The molecule has 0 bridgehead atoms. The van der Waals surface area contributed by atoms with E-state index in [1.165, 1.54) is 0 Å². The Bertz CT molecular complexity index is 502. The molecule has 18 heavy (non-hydrogen) atoms. The maximum Gasteiger partial charge on any atom is 0.166 e. The number of hydrogen-bond donors (Lipinski definition) is 1. The number of nitrogens with zero attached hydrogens (tertiary/aromatic N) is 3. The summed E-state index contributed by atoms with van der Waals surface area (Å²) >= 11 is 0. The lowest BCUT2D eigenvalue weighted by Gasteiger charge is -2.10. The van der Waals surface area contributed by atoms with Crippen LogP contribution < -0.4 is 10.1 Å². The molecule has 0 atom stereocenters. The molecule has 0 radical (unpaired) electrons. The van der Waals surface area contributed by atoms with E-state index in [1.54, 1.807) is 18.5 Å². The van der Waals surface area contributed by atoms with E-state index in [4.69, 9.17) is 4.74 Å². The van der Waals surface area contributed by atoms with E-state index in [0.717, 1.165) is 17.1 Å². The van der Waals surface area contributed by atoms with Gasteiger partial charge in [0.05, 0.1) is 5.69 Å². The van der Waals surface area contributed by atoms with Crippen molar-refractivity contribution in [3.05, 3.63) is 47.8 Å². The average molecular weight is 244 g/mol. The second-order valence-electron chi connectivity index (χ2n) is 3.88. The van der Waals surface area contributed by atoms with Crippen LogP contribution in [0, 0.1) is 6.92 Å². The number of pyridine rings is 1. The van der Waals surface area contributed by atoms with Crippen LogP contribution in [0.5, 0.6) is 5.75 Å². The van der Waals surface area contributed by atoms with Crippen LogP contribution in [0.15, 0.2) is 30.6 Å². The van der Waals surface area contributed by atoms with Crippen molar-refractivity contribution >= 4 is 0 Å². The second kappa shape index (κ2) is 6.07. The van der Waals surface area contributed by atoms with Gasteiger partial charge in [-0.1, -0.05) is 0 Å². The van der Waals surface area contributed by atoms with Gasteiger partial charge in [-0.25, -0.2) is 9.97 Å². The third kappa shape index (κ3) is 3.24. The lowest BCUT2D eigenvalue weighted by molar-refractivity contribution is 0.290. The molecule has 0 spiro atoms. The normalized spacial score (nSPS) is 10.3. The van der Waals surface area contributed by atoms with Crippen LogP contribution >= 0.6 is 0 Å². The molecular formula is C13H16N4O. The van der Waals surface area contributed by atoms with Crippen molar-refractivity contribution in [1.29, 1.82) is 0 Å². The molecular weight excluding hydrogens is 228 g/mol. The van der Waals surface area contributed by atoms with Gasteiger partial charge >= 0.3 is 0 Å². The van der Waals surface area contributed by atoms with Gasteiger partial charge in [0.2, 0.25) is 0 Å². The largest absolute Gasteiger partial charge is 0.484 e. The first-order valence-electron chi connectivity index (χ1n) is 5.79. The second-order valence-corrected chi connectivity index (χ2v) is 3.88. The lowest BCUT2D eigenvalue weighted by atomic mass is 10.3. The van der Waals surface area contributed by atoms with Gasteiger partial charge in [-0.3, -0.25) is 4.98 Å². The Morgan fingerprint density at radius 3 is 2.72 bits per heavy atom. The first kappa shape index (κ1) is 12.4. The van der Waals surface area contributed by atoms with E-state index >= 15 is 0 Å². The monoisotopic (exact) mass is 244 g/mol. The van der Waals surface area contributed by atoms with Crippen LogP contribution in [-0.2, 0) is 13.2 Å². The van der Waals surface area contributed by atoms with E-state index in [9.17, 15) is 0 Å². The summed E-state index contributed by atoms with van der Waals surface area (Å²) in [7, 11) is 1.88. The van der Waals surface area contributed by atoms with Gasteiger partial charge in [0, 0.05) is 24.6 Å². The first-order valence-corrected chi connectivity index (χ1v) is 5.79. The Hall–Kier alpha value is -2.01. The molecule has 0 aliphatic carbocycles. The van der Waals surface area contributed by atoms with Crippen LogP contribution in [-0.4, -0.2) is 22.0 Å². The number of rotatable bonds is 5. The molecule has 1 N–H and O–H groups in total. The topological polar surface area (TPSA) is 59.9 Å². The van der Waals surface area contributed by atoms with Crippen molar-refractivity contribution in [2.75, 3.05) is 7.05 Å². The Labute approximate surface area is 106 Å². The zero-order chi connectivity index (χ0) is 12.8. The van der Waals surface area contributed by atoms with Crippen LogP contribution in [0.2, 0.25) is 0 Å². The van der Waals surface area contributed by atoms with E-state index in [1.807, 2.05) is 26.1 Å². The number of aromatic nitrogens is 3. The molecule has 94 valence electrons. The SMILES string of the molecule is CNCc1nc(C)ccc1OCc1ncccn1. The average Bonchev–Trinajstić information content (AvgIpc) is 2.39. The Morgan fingerprint density at radius 1 is 1.22 bits per heavy atom. The Morgan fingerprint density at radius 2 is 2.00 bits per heavy atom. The zero-order valence-corrected chi connectivity index (χ0v) is 10.6. The zero-order valence-electron chi connectivity index (χ0n) is 10.6. The molecule has 5 heteroatoms. The molecule has 0 fully saturated rings. The summed E-state index contributed by atoms with van der Waals surface area (Å²) < 4.78 is 5.70. The Balaban J connectivity index is 2.09. The fourth-order valence-corrected chi connectivity index (χ4v) is 1.57. The van der Waals surface area contributed by atoms with E-state index in [0.29, 0.717) is 19.0 Å². The van der Waals surface area contributed by atoms with Crippen LogP contribution in [0.1, 0.15) is 17.2 Å². The fourth-order valence-electron chi connectivity index (χ4n) is 1.57. The molecule has 0 aliphatic rings. The number of ether oxygens (including phenoxy) is 1. The third-order valence-corrected chi connectivity index (χ3v) is 2.39. The van der Waals surface area contributed by atoms with E-state index in [-0.39, 0.29) is 0 Å². The van der Waals surface area contributed by atoms with Crippen molar-refractivity contribution in [2.45, 2.75) is 20.1 Å². The summed E-state index contributed by atoms with van der Waals surface area (Å²) in [5.41, 5.74) is 1.87. The summed E-state index contributed by atoms with van der Waals surface area (Å²) in [4.78, 5) is 12.7. The van der Waals surface area contributed by atoms with Crippen molar-refractivity contribution in [1.82, 2.24) is 20.3 Å². The van der Waals surface area contributed by atoms with Crippen LogP contribution in [0.3, 0.4) is 0 Å². The summed E-state index contributed by atoms with van der Waals surface area (Å²) in [6.45, 7) is 2.98. The smallest absolute Gasteiger partial charge is 0.166 e. The minimum absolute atomic E-state index is 0.349. The highest BCUT2D eigenvalue weighted by molar-refractivity contribution is 5.29. The van der Waals surface area contributed by atoms with Gasteiger partial charge in [0.15, 0.2) is 5.82 Å². The summed E-state index contributed by atoms with van der Waals surface area (Å²) in [6.07, 6.45) is 3.40. The number of aryl methyl sites for hydroxylation is 1. The summed E-state index contributed by atoms with van der Waals surface area (Å²) in [5.74, 6) is 1.43. The molecule has 0 amide bonds. The maximum absolute atomic E-state index is 5.70. The summed E-state index contributed by atoms with van der Waals surface area (Å²) in [6, 6.07) is 5.64. The molecule has 0 saturated carbocycles. The van der Waals surface area contributed by atoms with Gasteiger partial charge < -0.3 is 10.1 Å². The molecule has 2 aromatic heterocycles. The molecule has 2 aromatic rings. The van der Waals surface area contributed by atoms with Gasteiger partial charge in [-0.05, 0) is 32.2 Å². The van der Waals surface area contributed by atoms with Gasteiger partial charge in [-0.15, -0.1) is 0 Å². The predicted octanol–water partition coefficient (Wildman–Crippen LogP) is 1.48. The fraction of sp³-hybridized carbons (Fsp3) is 0.308. The highest BCUT2D eigenvalue weighted by atomic mass is 16.5. The number of nitrogens with one attached hydrogen (secondary N) is 1. The minimum atomic E-state index is 0.349. The van der Waals surface area contributed by atoms with Crippen LogP contribution in [0.25, 0.3) is 0 Å². The highest BCUT2D eigenvalue weighted by Gasteiger charge is 2.06. The quantitative estimate of drug-likeness (QED) is 0.863. The molecule has 5 nitrogen and oxygen atoms in total.